The number of piperidine rings is 1. The number of hydrogen-bond donors (Lipinski definition) is 2. The van der Waals surface area contributed by atoms with Crippen LogP contribution in [0.5, 0.6) is 0 Å². The number of aliphatic hydroxyl groups excluding tert-OH is 1. The van der Waals surface area contributed by atoms with Gasteiger partial charge in [-0.3, -0.25) is 4.90 Å². The smallest absolute Gasteiger partial charge is 0.135 e. The van der Waals surface area contributed by atoms with Gasteiger partial charge in [0.15, 0.2) is 0 Å². The Bertz CT molecular complexity index is 1330. The Morgan fingerprint density at radius 1 is 0.833 bits per heavy atom. The summed E-state index contributed by atoms with van der Waals surface area (Å²) in [5.41, 5.74) is 6.10. The third-order valence-electron chi connectivity index (χ3n) is 7.43. The summed E-state index contributed by atoms with van der Waals surface area (Å²) in [6.07, 6.45) is 3.14. The van der Waals surface area contributed by atoms with E-state index in [-0.39, 0.29) is 6.04 Å². The van der Waals surface area contributed by atoms with Gasteiger partial charge in [0.05, 0.1) is 6.10 Å². The molecule has 6 heteroatoms. The molecule has 0 bridgehead atoms. The first-order chi connectivity index (χ1) is 17.7. The molecule has 1 saturated heterocycles. The predicted molar refractivity (Wildman–Crippen MR) is 144 cm³/mol. The van der Waals surface area contributed by atoms with Crippen molar-refractivity contribution in [2.24, 2.45) is 0 Å². The number of fused-ring (bicyclic) bond motifs is 1. The first-order valence-electron chi connectivity index (χ1n) is 12.7. The number of hydrogen-bond acceptors (Lipinski definition) is 6. The van der Waals surface area contributed by atoms with E-state index in [4.69, 9.17) is 0 Å². The topological polar surface area (TPSA) is 64.5 Å². The standard InChI is InChI=1S/C30H31N5O/c36-28-20-35(17-15-27(28)34-16-14-22-8-4-5-11-24(22)19-34)30-18-29(31-21-32-30)33-26-13-7-6-12-25(26)23-9-2-1-3-10-23/h1-13,18,21,27-28,36H,14-17,19-20H2,(H,31,32,33)/t27?,28-/m0/s1. The molecule has 0 aliphatic carbocycles. The van der Waals surface area contributed by atoms with E-state index in [0.29, 0.717) is 6.54 Å². The molecule has 182 valence electrons. The average Bonchev–Trinajstić information content (AvgIpc) is 2.94. The molecule has 2 aliphatic rings. The van der Waals surface area contributed by atoms with Crippen LogP contribution in [-0.2, 0) is 13.0 Å². The van der Waals surface area contributed by atoms with Crippen LogP contribution in [0.4, 0.5) is 17.3 Å². The zero-order valence-corrected chi connectivity index (χ0v) is 20.3. The molecular formula is C30H31N5O. The van der Waals surface area contributed by atoms with Crippen molar-refractivity contribution in [2.45, 2.75) is 31.5 Å². The van der Waals surface area contributed by atoms with E-state index in [0.717, 1.165) is 60.9 Å². The number of aliphatic hydroxyl groups is 1. The Balaban J connectivity index is 1.15. The van der Waals surface area contributed by atoms with Crippen molar-refractivity contribution >= 4 is 17.3 Å². The largest absolute Gasteiger partial charge is 0.390 e. The second-order valence-corrected chi connectivity index (χ2v) is 9.66. The van der Waals surface area contributed by atoms with E-state index in [1.165, 1.54) is 11.1 Å². The molecule has 3 heterocycles. The van der Waals surface area contributed by atoms with Crippen LogP contribution in [0.15, 0.2) is 91.3 Å². The molecule has 1 unspecified atom stereocenters. The van der Waals surface area contributed by atoms with Gasteiger partial charge >= 0.3 is 0 Å². The molecule has 1 aromatic heterocycles. The predicted octanol–water partition coefficient (Wildman–Crippen LogP) is 4.89. The summed E-state index contributed by atoms with van der Waals surface area (Å²) in [4.78, 5) is 13.6. The molecule has 0 saturated carbocycles. The normalized spacial score (nSPS) is 20.1. The van der Waals surface area contributed by atoms with Gasteiger partial charge < -0.3 is 15.3 Å². The van der Waals surface area contributed by atoms with Gasteiger partial charge in [-0.15, -0.1) is 0 Å². The summed E-state index contributed by atoms with van der Waals surface area (Å²) in [5.74, 6) is 1.58. The van der Waals surface area contributed by atoms with E-state index in [9.17, 15) is 5.11 Å². The summed E-state index contributed by atoms with van der Waals surface area (Å²) >= 11 is 0. The highest BCUT2D eigenvalue weighted by atomic mass is 16.3. The van der Waals surface area contributed by atoms with E-state index in [2.05, 4.69) is 73.6 Å². The number of benzene rings is 3. The van der Waals surface area contributed by atoms with Gasteiger partial charge in [-0.25, -0.2) is 9.97 Å². The molecule has 36 heavy (non-hydrogen) atoms. The Kier molecular flexibility index (Phi) is 6.36. The Morgan fingerprint density at radius 3 is 2.47 bits per heavy atom. The number of para-hydroxylation sites is 1. The lowest BCUT2D eigenvalue weighted by molar-refractivity contribution is 0.0293. The van der Waals surface area contributed by atoms with Crippen molar-refractivity contribution in [3.8, 4) is 11.1 Å². The van der Waals surface area contributed by atoms with E-state index >= 15 is 0 Å². The van der Waals surface area contributed by atoms with Crippen LogP contribution >= 0.6 is 0 Å². The molecule has 6 nitrogen and oxygen atoms in total. The summed E-state index contributed by atoms with van der Waals surface area (Å²) in [6, 6.07) is 29.4. The van der Waals surface area contributed by atoms with Crippen LogP contribution in [0.2, 0.25) is 0 Å². The minimum atomic E-state index is -0.422. The average molecular weight is 478 g/mol. The highest BCUT2D eigenvalue weighted by Gasteiger charge is 2.34. The molecule has 6 rings (SSSR count). The highest BCUT2D eigenvalue weighted by Crippen LogP contribution is 2.31. The Labute approximate surface area is 212 Å². The van der Waals surface area contributed by atoms with Crippen LogP contribution in [0.3, 0.4) is 0 Å². The molecule has 0 radical (unpaired) electrons. The van der Waals surface area contributed by atoms with Crippen molar-refractivity contribution in [1.82, 2.24) is 14.9 Å². The summed E-state index contributed by atoms with van der Waals surface area (Å²) in [6.45, 7) is 3.35. The number of nitrogens with one attached hydrogen (secondary N) is 1. The fraction of sp³-hybridized carbons (Fsp3) is 0.267. The minimum absolute atomic E-state index is 0.173. The Morgan fingerprint density at radius 2 is 1.61 bits per heavy atom. The zero-order valence-electron chi connectivity index (χ0n) is 20.3. The molecule has 2 aliphatic heterocycles. The number of nitrogens with zero attached hydrogens (tertiary/aromatic N) is 4. The quantitative estimate of drug-likeness (QED) is 0.427. The van der Waals surface area contributed by atoms with E-state index in [1.807, 2.05) is 36.4 Å². The fourth-order valence-electron chi connectivity index (χ4n) is 5.54. The van der Waals surface area contributed by atoms with Crippen LogP contribution in [0, 0.1) is 0 Å². The lowest BCUT2D eigenvalue weighted by atomic mass is 9.94. The van der Waals surface area contributed by atoms with Crippen LogP contribution in [0.1, 0.15) is 17.5 Å². The van der Waals surface area contributed by atoms with Gasteiger partial charge in [-0.05, 0) is 35.6 Å². The van der Waals surface area contributed by atoms with Gasteiger partial charge in [0, 0.05) is 49.5 Å². The monoisotopic (exact) mass is 477 g/mol. The molecule has 2 N–H and O–H groups in total. The molecule has 0 spiro atoms. The third-order valence-corrected chi connectivity index (χ3v) is 7.43. The summed E-state index contributed by atoms with van der Waals surface area (Å²) in [5, 5.41) is 14.6. The molecule has 1 fully saturated rings. The summed E-state index contributed by atoms with van der Waals surface area (Å²) in [7, 11) is 0. The maximum Gasteiger partial charge on any atom is 0.135 e. The summed E-state index contributed by atoms with van der Waals surface area (Å²) < 4.78 is 0. The second kappa shape index (κ2) is 10.1. The van der Waals surface area contributed by atoms with E-state index < -0.39 is 6.10 Å². The fourth-order valence-corrected chi connectivity index (χ4v) is 5.54. The van der Waals surface area contributed by atoms with Crippen molar-refractivity contribution < 1.29 is 5.11 Å². The van der Waals surface area contributed by atoms with Crippen molar-refractivity contribution in [2.75, 3.05) is 29.9 Å². The maximum absolute atomic E-state index is 11.1. The molecular weight excluding hydrogens is 446 g/mol. The van der Waals surface area contributed by atoms with Crippen molar-refractivity contribution in [3.63, 3.8) is 0 Å². The van der Waals surface area contributed by atoms with E-state index in [1.54, 1.807) is 6.33 Å². The SMILES string of the molecule is O[C@H]1CN(c2cc(Nc3ccccc3-c3ccccc3)ncn2)CCC1N1CCc2ccccc2C1. The lowest BCUT2D eigenvalue weighted by Crippen LogP contribution is -2.55. The molecule has 0 amide bonds. The number of anilines is 3. The maximum atomic E-state index is 11.1. The molecule has 4 aromatic rings. The van der Waals surface area contributed by atoms with Crippen molar-refractivity contribution in [3.05, 3.63) is 102 Å². The number of β-amino-alcohol motifs (C(OH)–C–C–N with tert-alkyl or cyclic N) is 1. The van der Waals surface area contributed by atoms with Crippen molar-refractivity contribution in [1.29, 1.82) is 0 Å². The zero-order chi connectivity index (χ0) is 24.3. The number of rotatable bonds is 5. The number of aromatic nitrogens is 2. The van der Waals surface area contributed by atoms with Gasteiger partial charge in [0.25, 0.3) is 0 Å². The minimum Gasteiger partial charge on any atom is -0.390 e. The third kappa shape index (κ3) is 4.70. The first-order valence-corrected chi connectivity index (χ1v) is 12.7. The van der Waals surface area contributed by atoms with Gasteiger partial charge in [0.2, 0.25) is 0 Å². The first kappa shape index (κ1) is 22.7. The molecule has 3 aromatic carbocycles. The molecule has 2 atom stereocenters. The van der Waals surface area contributed by atoms with Gasteiger partial charge in [0.1, 0.15) is 18.0 Å². The van der Waals surface area contributed by atoms with Crippen LogP contribution in [0.25, 0.3) is 11.1 Å². The highest BCUT2D eigenvalue weighted by molar-refractivity contribution is 5.80. The van der Waals surface area contributed by atoms with Gasteiger partial charge in [-0.1, -0.05) is 72.8 Å². The second-order valence-electron chi connectivity index (χ2n) is 9.66. The van der Waals surface area contributed by atoms with Crippen LogP contribution < -0.4 is 10.2 Å². The van der Waals surface area contributed by atoms with Gasteiger partial charge in [-0.2, -0.15) is 0 Å². The lowest BCUT2D eigenvalue weighted by Gasteiger charge is -2.43. The Hall–Kier alpha value is -3.74. The van der Waals surface area contributed by atoms with Crippen LogP contribution in [-0.4, -0.2) is 51.8 Å².